The summed E-state index contributed by atoms with van der Waals surface area (Å²) >= 11 is 4.87. The first-order valence-electron chi connectivity index (χ1n) is 8.69. The molecule has 28 heavy (non-hydrogen) atoms. The lowest BCUT2D eigenvalue weighted by Crippen LogP contribution is -2.19. The van der Waals surface area contributed by atoms with Crippen molar-refractivity contribution in [2.45, 2.75) is 49.3 Å². The Morgan fingerprint density at radius 1 is 1.39 bits per heavy atom. The molecule has 0 aliphatic carbocycles. The summed E-state index contributed by atoms with van der Waals surface area (Å²) in [4.78, 5) is 17.5. The molecule has 1 aromatic carbocycles. The van der Waals surface area contributed by atoms with Crippen molar-refractivity contribution in [2.75, 3.05) is 6.61 Å². The van der Waals surface area contributed by atoms with Crippen LogP contribution < -0.4 is 0 Å². The summed E-state index contributed by atoms with van der Waals surface area (Å²) in [5.41, 5.74) is 2.20. The molecule has 0 bridgehead atoms. The predicted molar refractivity (Wildman–Crippen MR) is 119 cm³/mol. The second kappa shape index (κ2) is 9.80. The van der Waals surface area contributed by atoms with E-state index in [-0.39, 0.29) is 0 Å². The Labute approximate surface area is 181 Å². The highest BCUT2D eigenvalue weighted by molar-refractivity contribution is 9.10. The average molecular weight is 483 g/mol. The molecule has 0 N–H and O–H groups in total. The molecule has 1 aromatic heterocycles. The summed E-state index contributed by atoms with van der Waals surface area (Å²) in [5.74, 6) is -0.406. The van der Waals surface area contributed by atoms with Crippen molar-refractivity contribution in [1.82, 2.24) is 4.98 Å². The van der Waals surface area contributed by atoms with Gasteiger partial charge in [-0.2, -0.15) is 4.40 Å². The molecule has 0 spiro atoms. The van der Waals surface area contributed by atoms with Crippen LogP contribution in [0.5, 0.6) is 0 Å². The molecule has 0 saturated carbocycles. The molecule has 1 heterocycles. The van der Waals surface area contributed by atoms with Gasteiger partial charge < -0.3 is 4.74 Å². The second-order valence-electron chi connectivity index (χ2n) is 6.92. The lowest BCUT2D eigenvalue weighted by atomic mass is 10.1. The third-order valence-electron chi connectivity index (χ3n) is 3.54. The number of pyridine rings is 1. The van der Waals surface area contributed by atoms with Crippen molar-refractivity contribution < 1.29 is 13.7 Å². The summed E-state index contributed by atoms with van der Waals surface area (Å²) in [6.45, 7) is 9.67. The number of halogens is 1. The Balaban J connectivity index is 2.46. The van der Waals surface area contributed by atoms with E-state index in [0.717, 1.165) is 20.5 Å². The third kappa shape index (κ3) is 5.99. The highest BCUT2D eigenvalue weighted by Gasteiger charge is 2.20. The van der Waals surface area contributed by atoms with E-state index < -0.39 is 21.7 Å². The van der Waals surface area contributed by atoms with E-state index in [2.05, 4.69) is 25.3 Å². The SMILES string of the molecule is CCOC(=O)c1cccnc1Sc1c(C)cc(Br)cc1/C=N\S(=O)C(C)(C)C. The third-order valence-corrected chi connectivity index (χ3v) is 6.63. The minimum Gasteiger partial charge on any atom is -0.462 e. The Bertz CT molecular complexity index is 924. The van der Waals surface area contributed by atoms with Gasteiger partial charge in [-0.15, -0.1) is 0 Å². The Hall–Kier alpha value is -1.51. The quantitative estimate of drug-likeness (QED) is 0.409. The van der Waals surface area contributed by atoms with Crippen LogP contribution in [-0.4, -0.2) is 32.7 Å². The molecule has 2 rings (SSSR count). The number of ether oxygens (including phenoxy) is 1. The summed E-state index contributed by atoms with van der Waals surface area (Å²) < 4.78 is 22.1. The number of aromatic nitrogens is 1. The molecule has 0 radical (unpaired) electrons. The van der Waals surface area contributed by atoms with Crippen LogP contribution in [0.2, 0.25) is 0 Å². The van der Waals surface area contributed by atoms with Crippen molar-refractivity contribution in [2.24, 2.45) is 4.40 Å². The molecular weight excluding hydrogens is 460 g/mol. The zero-order valence-electron chi connectivity index (χ0n) is 16.5. The van der Waals surface area contributed by atoms with E-state index in [9.17, 15) is 9.00 Å². The van der Waals surface area contributed by atoms with E-state index in [4.69, 9.17) is 4.74 Å². The van der Waals surface area contributed by atoms with E-state index in [1.165, 1.54) is 11.8 Å². The van der Waals surface area contributed by atoms with Crippen LogP contribution in [0.4, 0.5) is 0 Å². The number of nitrogens with zero attached hydrogens (tertiary/aromatic N) is 2. The normalized spacial score (nSPS) is 12.9. The van der Waals surface area contributed by atoms with Crippen LogP contribution >= 0.6 is 27.7 Å². The maximum atomic E-state index is 12.3. The van der Waals surface area contributed by atoms with Gasteiger partial charge in [0.15, 0.2) is 0 Å². The fourth-order valence-electron chi connectivity index (χ4n) is 2.19. The zero-order valence-corrected chi connectivity index (χ0v) is 19.7. The van der Waals surface area contributed by atoms with Gasteiger partial charge in [-0.05, 0) is 64.4 Å². The first-order valence-corrected chi connectivity index (χ1v) is 11.4. The van der Waals surface area contributed by atoms with E-state index in [0.29, 0.717) is 17.2 Å². The Morgan fingerprint density at radius 3 is 2.75 bits per heavy atom. The number of hydrogen-bond acceptors (Lipinski definition) is 5. The number of carbonyl (C=O) groups is 1. The molecule has 0 aliphatic rings. The molecule has 1 unspecified atom stereocenters. The first kappa shape index (κ1) is 22.8. The summed E-state index contributed by atoms with van der Waals surface area (Å²) in [7, 11) is -1.37. The molecule has 0 amide bonds. The van der Waals surface area contributed by atoms with Crippen molar-refractivity contribution in [3.8, 4) is 0 Å². The number of benzene rings is 1. The van der Waals surface area contributed by atoms with Gasteiger partial charge >= 0.3 is 5.97 Å². The predicted octanol–water partition coefficient (Wildman–Crippen LogP) is 5.36. The van der Waals surface area contributed by atoms with E-state index >= 15 is 0 Å². The average Bonchev–Trinajstić information content (AvgIpc) is 2.61. The van der Waals surface area contributed by atoms with Crippen LogP contribution in [0, 0.1) is 6.92 Å². The second-order valence-corrected chi connectivity index (χ2v) is 10.8. The van der Waals surface area contributed by atoms with Gasteiger partial charge in [0.25, 0.3) is 0 Å². The van der Waals surface area contributed by atoms with E-state index in [1.807, 2.05) is 39.8 Å². The molecule has 2 aromatic rings. The van der Waals surface area contributed by atoms with Crippen molar-refractivity contribution in [3.05, 3.63) is 51.6 Å². The van der Waals surface area contributed by atoms with Crippen molar-refractivity contribution in [1.29, 1.82) is 0 Å². The van der Waals surface area contributed by atoms with Crippen molar-refractivity contribution in [3.63, 3.8) is 0 Å². The first-order chi connectivity index (χ1) is 13.1. The monoisotopic (exact) mass is 482 g/mol. The highest BCUT2D eigenvalue weighted by Crippen LogP contribution is 2.35. The summed E-state index contributed by atoms with van der Waals surface area (Å²) in [6, 6.07) is 7.29. The van der Waals surface area contributed by atoms with Gasteiger partial charge in [-0.25, -0.2) is 14.0 Å². The number of carbonyl (C=O) groups excluding carboxylic acids is 1. The number of aryl methyl sites for hydroxylation is 1. The highest BCUT2D eigenvalue weighted by atomic mass is 79.9. The molecule has 5 nitrogen and oxygen atoms in total. The van der Waals surface area contributed by atoms with Crippen LogP contribution in [-0.2, 0) is 15.7 Å². The van der Waals surface area contributed by atoms with Crippen LogP contribution in [0.3, 0.4) is 0 Å². The van der Waals surface area contributed by atoms with Gasteiger partial charge in [0.2, 0.25) is 0 Å². The fraction of sp³-hybridized carbons (Fsp3) is 0.350. The fourth-order valence-corrected chi connectivity index (χ4v) is 4.32. The topological polar surface area (TPSA) is 68.6 Å². The Kier molecular flexibility index (Phi) is 7.97. The molecule has 0 aliphatic heterocycles. The van der Waals surface area contributed by atoms with Gasteiger partial charge in [0.1, 0.15) is 16.0 Å². The van der Waals surface area contributed by atoms with Gasteiger partial charge in [0, 0.05) is 27.3 Å². The summed E-state index contributed by atoms with van der Waals surface area (Å²) in [6.07, 6.45) is 3.26. The molecule has 1 atom stereocenters. The molecule has 8 heteroatoms. The standard InChI is InChI=1S/C20H23BrN2O3S2/c1-6-26-19(24)16-8-7-9-22-18(16)27-17-13(2)10-15(21)11-14(17)12-23-28(25)20(3,4)5/h7-12H,6H2,1-5H3/b23-12-. The number of esters is 1. The van der Waals surface area contributed by atoms with Crippen LogP contribution in [0.1, 0.15) is 49.2 Å². The largest absolute Gasteiger partial charge is 0.462 e. The zero-order chi connectivity index (χ0) is 20.9. The smallest absolute Gasteiger partial charge is 0.340 e. The molecule has 0 saturated heterocycles. The van der Waals surface area contributed by atoms with Crippen LogP contribution in [0.15, 0.2) is 49.3 Å². The maximum absolute atomic E-state index is 12.3. The van der Waals surface area contributed by atoms with Gasteiger partial charge in [-0.3, -0.25) is 0 Å². The van der Waals surface area contributed by atoms with Gasteiger partial charge in [0.05, 0.1) is 16.9 Å². The molecule has 150 valence electrons. The minimum absolute atomic E-state index is 0.297. The lowest BCUT2D eigenvalue weighted by molar-refractivity contribution is 0.0521. The Morgan fingerprint density at radius 2 is 2.11 bits per heavy atom. The minimum atomic E-state index is -1.37. The lowest BCUT2D eigenvalue weighted by Gasteiger charge is -2.14. The molecular formula is C20H23BrN2O3S2. The maximum Gasteiger partial charge on any atom is 0.340 e. The number of rotatable bonds is 6. The van der Waals surface area contributed by atoms with E-state index in [1.54, 1.807) is 31.5 Å². The van der Waals surface area contributed by atoms with Crippen molar-refractivity contribution >= 4 is 50.9 Å². The summed E-state index contributed by atoms with van der Waals surface area (Å²) in [5, 5.41) is 0.554. The number of hydrogen-bond donors (Lipinski definition) is 0. The van der Waals surface area contributed by atoms with Gasteiger partial charge in [-0.1, -0.05) is 27.7 Å². The van der Waals surface area contributed by atoms with Crippen LogP contribution in [0.25, 0.3) is 0 Å². The molecule has 0 fully saturated rings.